The zero-order valence-electron chi connectivity index (χ0n) is 11.0. The molecule has 1 saturated heterocycles. The van der Waals surface area contributed by atoms with Gasteiger partial charge in [0, 0.05) is 25.0 Å². The van der Waals surface area contributed by atoms with Crippen LogP contribution in [0, 0.1) is 5.92 Å². The quantitative estimate of drug-likeness (QED) is 0.798. The molecule has 18 heavy (non-hydrogen) atoms. The molecule has 0 aromatic heterocycles. The molecule has 0 saturated carbocycles. The molecule has 2 unspecified atom stereocenters. The van der Waals surface area contributed by atoms with Gasteiger partial charge in [-0.15, -0.1) is 12.4 Å². The van der Waals surface area contributed by atoms with Crippen LogP contribution >= 0.6 is 12.4 Å². The highest BCUT2D eigenvalue weighted by Crippen LogP contribution is 2.19. The molecule has 1 amide bonds. The van der Waals surface area contributed by atoms with Crippen molar-refractivity contribution in [3.8, 4) is 0 Å². The number of hydrogen-bond acceptors (Lipinski definition) is 4. The third kappa shape index (κ3) is 4.40. The number of rotatable bonds is 5. The molecule has 5 nitrogen and oxygen atoms in total. The molecule has 2 atom stereocenters. The third-order valence-corrected chi connectivity index (χ3v) is 4.92. The molecule has 1 fully saturated rings. The van der Waals surface area contributed by atoms with Crippen LogP contribution in [0.5, 0.6) is 0 Å². The third-order valence-electron chi connectivity index (χ3n) is 3.17. The lowest BCUT2D eigenvalue weighted by atomic mass is 10.1. The first-order valence-electron chi connectivity index (χ1n) is 6.12. The zero-order chi connectivity index (χ0) is 13.1. The normalized spacial score (nSPS) is 23.2. The molecular formula is C11H23ClN2O3S. The van der Waals surface area contributed by atoms with Crippen molar-refractivity contribution in [2.75, 3.05) is 24.6 Å². The van der Waals surface area contributed by atoms with Crippen LogP contribution in [0.3, 0.4) is 0 Å². The first-order chi connectivity index (χ1) is 7.91. The fourth-order valence-electron chi connectivity index (χ4n) is 2.12. The van der Waals surface area contributed by atoms with Gasteiger partial charge < -0.3 is 10.6 Å². The van der Waals surface area contributed by atoms with Crippen LogP contribution < -0.4 is 5.73 Å². The summed E-state index contributed by atoms with van der Waals surface area (Å²) in [4.78, 5) is 13.8. The van der Waals surface area contributed by atoms with E-state index in [0.717, 1.165) is 6.42 Å². The van der Waals surface area contributed by atoms with Gasteiger partial charge in [0.15, 0.2) is 9.84 Å². The van der Waals surface area contributed by atoms with Crippen LogP contribution in [-0.4, -0.2) is 49.9 Å². The van der Waals surface area contributed by atoms with Crippen molar-refractivity contribution in [1.82, 2.24) is 4.90 Å². The SMILES string of the molecule is CCCN(C(=O)C(C)CN)C1CCS(=O)(=O)C1.Cl. The lowest BCUT2D eigenvalue weighted by Crippen LogP contribution is -2.45. The van der Waals surface area contributed by atoms with E-state index in [4.69, 9.17) is 5.73 Å². The molecule has 1 aliphatic rings. The van der Waals surface area contributed by atoms with E-state index < -0.39 is 9.84 Å². The largest absolute Gasteiger partial charge is 0.338 e. The molecule has 1 aliphatic heterocycles. The lowest BCUT2D eigenvalue weighted by Gasteiger charge is -2.30. The van der Waals surface area contributed by atoms with Crippen LogP contribution in [0.25, 0.3) is 0 Å². The summed E-state index contributed by atoms with van der Waals surface area (Å²) in [5.74, 6) is 0.0550. The Morgan fingerprint density at radius 2 is 2.11 bits per heavy atom. The van der Waals surface area contributed by atoms with Gasteiger partial charge in [-0.25, -0.2) is 8.42 Å². The second kappa shape index (κ2) is 7.31. The summed E-state index contributed by atoms with van der Waals surface area (Å²) in [6.45, 7) is 4.69. The molecule has 0 aliphatic carbocycles. The molecule has 2 N–H and O–H groups in total. The molecule has 1 rings (SSSR count). The van der Waals surface area contributed by atoms with Crippen molar-refractivity contribution < 1.29 is 13.2 Å². The summed E-state index contributed by atoms with van der Waals surface area (Å²) in [7, 11) is -2.95. The van der Waals surface area contributed by atoms with E-state index in [0.29, 0.717) is 19.5 Å². The molecule has 0 aromatic carbocycles. The molecule has 0 spiro atoms. The van der Waals surface area contributed by atoms with E-state index in [1.807, 2.05) is 6.92 Å². The molecule has 1 heterocycles. The van der Waals surface area contributed by atoms with Gasteiger partial charge >= 0.3 is 0 Å². The summed E-state index contributed by atoms with van der Waals surface area (Å²) in [5.41, 5.74) is 5.49. The topological polar surface area (TPSA) is 80.5 Å². The Balaban J connectivity index is 0.00000289. The number of nitrogens with two attached hydrogens (primary N) is 1. The van der Waals surface area contributed by atoms with Gasteiger partial charge in [-0.2, -0.15) is 0 Å². The van der Waals surface area contributed by atoms with Gasteiger partial charge in [-0.3, -0.25) is 4.79 Å². The van der Waals surface area contributed by atoms with E-state index >= 15 is 0 Å². The van der Waals surface area contributed by atoms with E-state index in [-0.39, 0.29) is 41.8 Å². The molecule has 7 heteroatoms. The smallest absolute Gasteiger partial charge is 0.226 e. The maximum Gasteiger partial charge on any atom is 0.226 e. The molecular weight excluding hydrogens is 276 g/mol. The number of sulfone groups is 1. The number of hydrogen-bond donors (Lipinski definition) is 1. The van der Waals surface area contributed by atoms with Crippen molar-refractivity contribution >= 4 is 28.2 Å². The summed E-state index contributed by atoms with van der Waals surface area (Å²) >= 11 is 0. The van der Waals surface area contributed by atoms with Crippen molar-refractivity contribution in [3.63, 3.8) is 0 Å². The molecule has 108 valence electrons. The van der Waals surface area contributed by atoms with E-state index in [1.54, 1.807) is 11.8 Å². The average molecular weight is 299 g/mol. The summed E-state index contributed by atoms with van der Waals surface area (Å²) < 4.78 is 22.9. The van der Waals surface area contributed by atoms with Gasteiger partial charge in [-0.1, -0.05) is 13.8 Å². The van der Waals surface area contributed by atoms with Crippen LogP contribution in [0.1, 0.15) is 26.7 Å². The van der Waals surface area contributed by atoms with Crippen molar-refractivity contribution in [2.45, 2.75) is 32.7 Å². The second-order valence-electron chi connectivity index (χ2n) is 4.73. The zero-order valence-corrected chi connectivity index (χ0v) is 12.6. The number of halogens is 1. The van der Waals surface area contributed by atoms with Gasteiger partial charge in [0.2, 0.25) is 5.91 Å². The maximum atomic E-state index is 12.1. The minimum atomic E-state index is -2.95. The van der Waals surface area contributed by atoms with Crippen LogP contribution in [0.15, 0.2) is 0 Å². The number of carbonyl (C=O) groups is 1. The fraction of sp³-hybridized carbons (Fsp3) is 0.909. The summed E-state index contributed by atoms with van der Waals surface area (Å²) in [6.07, 6.45) is 1.39. The Labute approximate surface area is 115 Å². The Hall–Kier alpha value is -0.330. The van der Waals surface area contributed by atoms with Gasteiger partial charge in [0.05, 0.1) is 11.5 Å². The highest BCUT2D eigenvalue weighted by Gasteiger charge is 2.35. The predicted octanol–water partition coefficient (Wildman–Crippen LogP) is 0.429. The van der Waals surface area contributed by atoms with Crippen LogP contribution in [0.2, 0.25) is 0 Å². The summed E-state index contributed by atoms with van der Waals surface area (Å²) in [6, 6.07) is -0.151. The van der Waals surface area contributed by atoms with Crippen LogP contribution in [0.4, 0.5) is 0 Å². The van der Waals surface area contributed by atoms with Gasteiger partial charge in [0.1, 0.15) is 0 Å². The average Bonchev–Trinajstić information content (AvgIpc) is 2.64. The molecule has 0 bridgehead atoms. The number of nitrogens with zero attached hydrogens (tertiary/aromatic N) is 1. The maximum absolute atomic E-state index is 12.1. The highest BCUT2D eigenvalue weighted by atomic mass is 35.5. The standard InChI is InChI=1S/C11H22N2O3S.ClH/c1-3-5-13(11(14)9(2)7-12)10-4-6-17(15,16)8-10;/h9-10H,3-8,12H2,1-2H3;1H. The number of carbonyl (C=O) groups excluding carboxylic acids is 1. The van der Waals surface area contributed by atoms with Crippen molar-refractivity contribution in [2.24, 2.45) is 11.7 Å². The Morgan fingerprint density at radius 3 is 2.50 bits per heavy atom. The van der Waals surface area contributed by atoms with Gasteiger partial charge in [-0.05, 0) is 12.8 Å². The van der Waals surface area contributed by atoms with E-state index in [2.05, 4.69) is 0 Å². The Bertz CT molecular complexity index is 372. The van der Waals surface area contributed by atoms with Crippen molar-refractivity contribution in [3.05, 3.63) is 0 Å². The molecule has 0 radical (unpaired) electrons. The predicted molar refractivity (Wildman–Crippen MR) is 74.5 cm³/mol. The van der Waals surface area contributed by atoms with E-state index in [1.165, 1.54) is 0 Å². The van der Waals surface area contributed by atoms with Crippen molar-refractivity contribution in [1.29, 1.82) is 0 Å². The summed E-state index contributed by atoms with van der Waals surface area (Å²) in [5, 5.41) is 0. The lowest BCUT2D eigenvalue weighted by molar-refractivity contribution is -0.136. The first kappa shape index (κ1) is 17.7. The Morgan fingerprint density at radius 1 is 1.50 bits per heavy atom. The van der Waals surface area contributed by atoms with Gasteiger partial charge in [0.25, 0.3) is 0 Å². The highest BCUT2D eigenvalue weighted by molar-refractivity contribution is 7.91. The minimum absolute atomic E-state index is 0. The monoisotopic (exact) mass is 298 g/mol. The number of amides is 1. The van der Waals surface area contributed by atoms with Crippen LogP contribution in [-0.2, 0) is 14.6 Å². The second-order valence-corrected chi connectivity index (χ2v) is 6.95. The molecule has 0 aromatic rings. The fourth-order valence-corrected chi connectivity index (χ4v) is 3.85. The van der Waals surface area contributed by atoms with E-state index in [9.17, 15) is 13.2 Å². The Kier molecular flexibility index (Phi) is 7.17. The first-order valence-corrected chi connectivity index (χ1v) is 7.94. The minimum Gasteiger partial charge on any atom is -0.338 e.